The lowest BCUT2D eigenvalue weighted by molar-refractivity contribution is -0.0691. The first-order valence-corrected chi connectivity index (χ1v) is 17.6. The quantitative estimate of drug-likeness (QED) is 0.258. The number of anilines is 3. The van der Waals surface area contributed by atoms with Crippen molar-refractivity contribution in [2.75, 3.05) is 43.1 Å². The van der Waals surface area contributed by atoms with Gasteiger partial charge >= 0.3 is 0 Å². The first-order valence-electron chi connectivity index (χ1n) is 16.8. The molecule has 1 aliphatic carbocycles. The van der Waals surface area contributed by atoms with Crippen LogP contribution < -0.4 is 21.3 Å². The predicted octanol–water partition coefficient (Wildman–Crippen LogP) is 4.37. The fraction of sp³-hybridized carbons (Fsp3) is 0.389. The number of aryl methyl sites for hydroxylation is 3. The number of hydrogen-bond donors (Lipinski definition) is 2. The summed E-state index contributed by atoms with van der Waals surface area (Å²) >= 11 is 1.48. The van der Waals surface area contributed by atoms with E-state index in [1.165, 1.54) is 43.2 Å². The van der Waals surface area contributed by atoms with Gasteiger partial charge in [-0.1, -0.05) is 0 Å². The van der Waals surface area contributed by atoms with Crippen LogP contribution in [0.25, 0.3) is 26.9 Å². The molecule has 0 radical (unpaired) electrons. The standard InChI is InChI=1S/C36H38FN7O4S/c1-21-16-42(25-19-48-20-25)9-10-43(21)24-7-8-33(38-14-24)40-30-11-22(17-41(2)35(30)46)27-12-23(37)13-31(29(27)18-45)44-36(47)34-28(15-39-44)26-5-3-4-6-32(26)49-34/h7-8,11-15,17,21,25,45H,3-6,9-10,16,18-20H2,1-2H3,(H,38,40)/t21-/m1/s1. The number of halogens is 1. The molecule has 1 atom stereocenters. The molecule has 2 fully saturated rings. The zero-order chi connectivity index (χ0) is 33.8. The number of hydrogen-bond acceptors (Lipinski definition) is 10. The van der Waals surface area contributed by atoms with Crippen LogP contribution in [0.1, 0.15) is 35.8 Å². The van der Waals surface area contributed by atoms with E-state index in [1.54, 1.807) is 25.5 Å². The number of piperazine rings is 1. The van der Waals surface area contributed by atoms with E-state index in [0.717, 1.165) is 69.6 Å². The number of pyridine rings is 2. The smallest absolute Gasteiger partial charge is 0.289 e. The van der Waals surface area contributed by atoms with Gasteiger partial charge in [-0.15, -0.1) is 11.3 Å². The highest BCUT2D eigenvalue weighted by Gasteiger charge is 2.32. The van der Waals surface area contributed by atoms with Crippen molar-refractivity contribution >= 4 is 38.6 Å². The Balaban J connectivity index is 1.10. The van der Waals surface area contributed by atoms with Crippen molar-refractivity contribution in [1.29, 1.82) is 0 Å². The van der Waals surface area contributed by atoms with Gasteiger partial charge in [-0.2, -0.15) is 9.78 Å². The Morgan fingerprint density at radius 3 is 2.65 bits per heavy atom. The maximum absolute atomic E-state index is 15.3. The van der Waals surface area contributed by atoms with Gasteiger partial charge in [0.15, 0.2) is 0 Å². The Morgan fingerprint density at radius 1 is 1.08 bits per heavy atom. The van der Waals surface area contributed by atoms with Crippen molar-refractivity contribution < 1.29 is 14.2 Å². The molecule has 8 rings (SSSR count). The van der Waals surface area contributed by atoms with Crippen LogP contribution in [0.3, 0.4) is 0 Å². The van der Waals surface area contributed by atoms with E-state index in [1.807, 2.05) is 18.3 Å². The zero-order valence-corrected chi connectivity index (χ0v) is 28.3. The summed E-state index contributed by atoms with van der Waals surface area (Å²) < 4.78 is 23.9. The SMILES string of the molecule is C[C@@H]1CN(C2COC2)CCN1c1ccc(Nc2cc(-c3cc(F)cc(-n4ncc5c6c(sc5c4=O)CCCC6)c3CO)cn(C)c2=O)nc1. The Labute approximate surface area is 286 Å². The molecule has 0 saturated carbocycles. The fourth-order valence-corrected chi connectivity index (χ4v) is 8.70. The maximum atomic E-state index is 15.3. The maximum Gasteiger partial charge on any atom is 0.289 e. The molecule has 49 heavy (non-hydrogen) atoms. The van der Waals surface area contributed by atoms with E-state index in [-0.39, 0.29) is 22.5 Å². The molecular formula is C36H38FN7O4S. The van der Waals surface area contributed by atoms with Crippen molar-refractivity contribution in [3.8, 4) is 16.8 Å². The second kappa shape index (κ2) is 12.8. The van der Waals surface area contributed by atoms with Gasteiger partial charge in [0, 0.05) is 66.4 Å². The van der Waals surface area contributed by atoms with Gasteiger partial charge in [0.1, 0.15) is 22.0 Å². The van der Waals surface area contributed by atoms with Gasteiger partial charge < -0.3 is 24.6 Å². The highest BCUT2D eigenvalue weighted by Crippen LogP contribution is 2.36. The summed E-state index contributed by atoms with van der Waals surface area (Å²) in [6, 6.07) is 8.82. The van der Waals surface area contributed by atoms with E-state index in [2.05, 4.69) is 32.1 Å². The summed E-state index contributed by atoms with van der Waals surface area (Å²) in [5, 5.41) is 19.1. The van der Waals surface area contributed by atoms with Crippen molar-refractivity contribution in [2.24, 2.45) is 7.05 Å². The molecule has 0 bridgehead atoms. The molecule has 2 N–H and O–H groups in total. The van der Waals surface area contributed by atoms with Crippen LogP contribution in [0.15, 0.2) is 58.5 Å². The lowest BCUT2D eigenvalue weighted by atomic mass is 9.97. The number of nitrogens with zero attached hydrogens (tertiary/aromatic N) is 6. The van der Waals surface area contributed by atoms with Crippen molar-refractivity contribution in [1.82, 2.24) is 24.2 Å². The van der Waals surface area contributed by atoms with Crippen LogP contribution >= 0.6 is 11.3 Å². The highest BCUT2D eigenvalue weighted by molar-refractivity contribution is 7.19. The number of fused-ring (bicyclic) bond motifs is 3. The summed E-state index contributed by atoms with van der Waals surface area (Å²) in [6.07, 6.45) is 9.11. The molecule has 1 aromatic carbocycles. The molecule has 6 heterocycles. The normalized spacial score (nSPS) is 18.4. The third kappa shape index (κ3) is 5.74. The van der Waals surface area contributed by atoms with Crippen molar-refractivity contribution in [2.45, 2.75) is 51.3 Å². The van der Waals surface area contributed by atoms with E-state index < -0.39 is 12.4 Å². The third-order valence-corrected chi connectivity index (χ3v) is 11.4. The average Bonchev–Trinajstić information content (AvgIpc) is 3.46. The second-order valence-electron chi connectivity index (χ2n) is 13.2. The van der Waals surface area contributed by atoms with Crippen LogP contribution in [0.5, 0.6) is 0 Å². The average molecular weight is 684 g/mol. The minimum atomic E-state index is -0.599. The Kier molecular flexibility index (Phi) is 8.30. The third-order valence-electron chi connectivity index (χ3n) is 10.1. The summed E-state index contributed by atoms with van der Waals surface area (Å²) in [5.74, 6) is -0.112. The molecule has 3 aliphatic rings. The fourth-order valence-electron chi connectivity index (χ4n) is 7.41. The number of ether oxygens (including phenoxy) is 1. The lowest BCUT2D eigenvalue weighted by Crippen LogP contribution is -2.59. The Hall–Kier alpha value is -4.43. The molecule has 5 aromatic rings. The number of aliphatic hydroxyl groups excluding tert-OH is 1. The molecule has 2 aliphatic heterocycles. The molecule has 254 valence electrons. The van der Waals surface area contributed by atoms with Crippen molar-refractivity contribution in [3.63, 3.8) is 0 Å². The predicted molar refractivity (Wildman–Crippen MR) is 189 cm³/mol. The number of aromatic nitrogens is 4. The van der Waals surface area contributed by atoms with E-state index in [4.69, 9.17) is 4.74 Å². The van der Waals surface area contributed by atoms with Gasteiger partial charge in [-0.25, -0.2) is 9.37 Å². The van der Waals surface area contributed by atoms with Crippen LogP contribution in [-0.2, 0) is 31.2 Å². The van der Waals surface area contributed by atoms with E-state index >= 15 is 4.39 Å². The Morgan fingerprint density at radius 2 is 1.92 bits per heavy atom. The molecule has 4 aromatic heterocycles. The van der Waals surface area contributed by atoms with Crippen LogP contribution in [0.2, 0.25) is 0 Å². The highest BCUT2D eigenvalue weighted by atomic mass is 32.1. The minimum absolute atomic E-state index is 0.160. The topological polar surface area (TPSA) is 118 Å². The molecule has 0 unspecified atom stereocenters. The van der Waals surface area contributed by atoms with Gasteiger partial charge in [-0.3, -0.25) is 14.5 Å². The van der Waals surface area contributed by atoms with E-state index in [0.29, 0.717) is 39.3 Å². The summed E-state index contributed by atoms with van der Waals surface area (Å²) in [6.45, 7) is 6.17. The summed E-state index contributed by atoms with van der Waals surface area (Å²) in [7, 11) is 1.61. The molecular weight excluding hydrogens is 646 g/mol. The van der Waals surface area contributed by atoms with Crippen LogP contribution in [0, 0.1) is 5.82 Å². The second-order valence-corrected chi connectivity index (χ2v) is 14.3. The number of benzene rings is 1. The molecule has 13 heteroatoms. The Bertz CT molecular complexity index is 2180. The molecule has 2 saturated heterocycles. The molecule has 0 spiro atoms. The number of aliphatic hydroxyl groups is 1. The van der Waals surface area contributed by atoms with Gasteiger partial charge in [0.25, 0.3) is 11.1 Å². The monoisotopic (exact) mass is 683 g/mol. The first kappa shape index (κ1) is 31.8. The number of thiophene rings is 1. The molecule has 11 nitrogen and oxygen atoms in total. The summed E-state index contributed by atoms with van der Waals surface area (Å²) in [5.41, 5.74) is 3.10. The molecule has 0 amide bonds. The van der Waals surface area contributed by atoms with Crippen molar-refractivity contribution in [3.05, 3.63) is 91.5 Å². The number of nitrogens with one attached hydrogen (secondary N) is 1. The largest absolute Gasteiger partial charge is 0.392 e. The summed E-state index contributed by atoms with van der Waals surface area (Å²) in [4.78, 5) is 37.7. The van der Waals surface area contributed by atoms with Crippen LogP contribution in [-0.4, -0.2) is 74.3 Å². The zero-order valence-electron chi connectivity index (χ0n) is 27.5. The van der Waals surface area contributed by atoms with E-state index in [9.17, 15) is 14.7 Å². The van der Waals surface area contributed by atoms with Crippen LogP contribution in [0.4, 0.5) is 21.6 Å². The van der Waals surface area contributed by atoms with Gasteiger partial charge in [0.05, 0.1) is 49.6 Å². The van der Waals surface area contributed by atoms with Gasteiger partial charge in [0.2, 0.25) is 0 Å². The minimum Gasteiger partial charge on any atom is -0.392 e. The number of rotatable bonds is 7. The lowest BCUT2D eigenvalue weighted by Gasteiger charge is -2.46. The first-order chi connectivity index (χ1) is 23.8. The van der Waals surface area contributed by atoms with Gasteiger partial charge in [-0.05, 0) is 68.0 Å².